The summed E-state index contributed by atoms with van der Waals surface area (Å²) in [6.45, 7) is 10.7. The maximum atomic E-state index is 13.0. The van der Waals surface area contributed by atoms with Crippen molar-refractivity contribution in [1.82, 2.24) is 19.6 Å². The van der Waals surface area contributed by atoms with Crippen molar-refractivity contribution in [2.24, 2.45) is 11.8 Å². The number of carbonyl (C=O) groups is 2. The third kappa shape index (κ3) is 9.10. The first-order valence-corrected chi connectivity index (χ1v) is 13.5. The molecule has 2 heterocycles. The van der Waals surface area contributed by atoms with E-state index in [1.807, 2.05) is 19.0 Å². The highest BCUT2D eigenvalue weighted by Gasteiger charge is 2.47. The summed E-state index contributed by atoms with van der Waals surface area (Å²) in [6, 6.07) is 0. The molecule has 2 aliphatic rings. The number of likely N-dealkylation sites (N-methyl/N-ethyl adjacent to an activating group) is 2. The minimum atomic E-state index is -1.39. The van der Waals surface area contributed by atoms with E-state index in [0.29, 0.717) is 59.0 Å². The Hall–Kier alpha value is -0.640. The van der Waals surface area contributed by atoms with Crippen molar-refractivity contribution in [2.45, 2.75) is 44.0 Å². The van der Waals surface area contributed by atoms with E-state index in [0.717, 1.165) is 38.8 Å². The van der Waals surface area contributed by atoms with Gasteiger partial charge in [0.15, 0.2) is 4.46 Å². The number of halogens is 2. The number of nitrogens with zero attached hydrogens (tertiary/aromatic N) is 4. The van der Waals surface area contributed by atoms with E-state index in [1.54, 1.807) is 0 Å². The van der Waals surface area contributed by atoms with Gasteiger partial charge in [0.25, 0.3) is 0 Å². The molecular weight excluding hydrogens is 479 g/mol. The SMILES string of the molecule is CCCCOC(=O)C1CN(C)CCN2CCN(CCN(C)CC(C(=O)OCCCC)C2(Cl)Cl)C1. The average molecular weight is 524 g/mol. The van der Waals surface area contributed by atoms with Gasteiger partial charge in [0.2, 0.25) is 0 Å². The smallest absolute Gasteiger partial charge is 0.314 e. The van der Waals surface area contributed by atoms with Gasteiger partial charge < -0.3 is 19.3 Å². The fourth-order valence-electron chi connectivity index (χ4n) is 4.36. The van der Waals surface area contributed by atoms with Crippen molar-refractivity contribution >= 4 is 35.1 Å². The standard InChI is InChI=1S/C24H44Cl2N4O4/c1-5-7-15-33-22(31)20-17-27(3)10-13-30-14-12-29(18-20)11-9-28(4)19-21(24(30,25)26)23(32)34-16-8-6-2/h20-21H,5-19H2,1-4H3. The van der Waals surface area contributed by atoms with Crippen LogP contribution < -0.4 is 0 Å². The number of fused-ring (bicyclic) bond motifs is 3. The van der Waals surface area contributed by atoms with Gasteiger partial charge in [-0.1, -0.05) is 49.9 Å². The third-order valence-electron chi connectivity index (χ3n) is 6.68. The van der Waals surface area contributed by atoms with Gasteiger partial charge in [-0.3, -0.25) is 19.4 Å². The predicted molar refractivity (Wildman–Crippen MR) is 136 cm³/mol. The maximum absolute atomic E-state index is 13.0. The van der Waals surface area contributed by atoms with E-state index < -0.39 is 10.4 Å². The van der Waals surface area contributed by atoms with Crippen LogP contribution in [0, 0.1) is 11.8 Å². The molecule has 2 aliphatic heterocycles. The van der Waals surface area contributed by atoms with Gasteiger partial charge in [-0.2, -0.15) is 0 Å². The second kappa shape index (κ2) is 14.8. The Morgan fingerprint density at radius 1 is 0.794 bits per heavy atom. The number of esters is 2. The minimum absolute atomic E-state index is 0.123. The van der Waals surface area contributed by atoms with Crippen LogP contribution in [-0.4, -0.2) is 122 Å². The number of rotatable bonds is 8. The second-order valence-electron chi connectivity index (χ2n) is 9.69. The Labute approximate surface area is 215 Å². The Bertz CT molecular complexity index is 640. The number of hydrogen-bond acceptors (Lipinski definition) is 8. The fraction of sp³-hybridized carbons (Fsp3) is 0.917. The quantitative estimate of drug-likeness (QED) is 0.208. The molecule has 0 aromatic heterocycles. The lowest BCUT2D eigenvalue weighted by Gasteiger charge is -2.44. The first kappa shape index (κ1) is 29.6. The summed E-state index contributed by atoms with van der Waals surface area (Å²) in [5.74, 6) is -1.36. The highest BCUT2D eigenvalue weighted by molar-refractivity contribution is 6.49. The molecule has 0 radical (unpaired) electrons. The molecule has 0 amide bonds. The third-order valence-corrected chi connectivity index (χ3v) is 7.69. The highest BCUT2D eigenvalue weighted by atomic mass is 35.5. The molecule has 2 bridgehead atoms. The van der Waals surface area contributed by atoms with Crippen molar-refractivity contribution in [2.75, 3.05) is 86.2 Å². The zero-order valence-corrected chi connectivity index (χ0v) is 23.0. The van der Waals surface area contributed by atoms with E-state index in [4.69, 9.17) is 32.7 Å². The van der Waals surface area contributed by atoms with E-state index in [1.165, 1.54) is 0 Å². The van der Waals surface area contributed by atoms with E-state index in [9.17, 15) is 9.59 Å². The number of unbranched alkanes of at least 4 members (excludes halogenated alkanes) is 2. The van der Waals surface area contributed by atoms with E-state index >= 15 is 0 Å². The van der Waals surface area contributed by atoms with Crippen LogP contribution in [0.1, 0.15) is 39.5 Å². The van der Waals surface area contributed by atoms with Crippen LogP contribution in [0.25, 0.3) is 0 Å². The molecule has 0 aromatic carbocycles. The van der Waals surface area contributed by atoms with Gasteiger partial charge in [0.1, 0.15) is 5.92 Å². The molecule has 34 heavy (non-hydrogen) atoms. The molecule has 4 unspecified atom stereocenters. The van der Waals surface area contributed by atoms with Crippen LogP contribution in [-0.2, 0) is 19.1 Å². The van der Waals surface area contributed by atoms with Crippen molar-refractivity contribution in [3.8, 4) is 0 Å². The van der Waals surface area contributed by atoms with Crippen molar-refractivity contribution < 1.29 is 19.1 Å². The topological polar surface area (TPSA) is 65.6 Å². The molecule has 2 rings (SSSR count). The fourth-order valence-corrected chi connectivity index (χ4v) is 5.01. The van der Waals surface area contributed by atoms with Gasteiger partial charge in [0, 0.05) is 58.9 Å². The van der Waals surface area contributed by atoms with Gasteiger partial charge in [-0.15, -0.1) is 0 Å². The molecule has 4 atom stereocenters. The van der Waals surface area contributed by atoms with Crippen molar-refractivity contribution in [3.63, 3.8) is 0 Å². The molecule has 0 N–H and O–H groups in total. The van der Waals surface area contributed by atoms with Crippen LogP contribution in [0.3, 0.4) is 0 Å². The van der Waals surface area contributed by atoms with Gasteiger partial charge in [-0.25, -0.2) is 0 Å². The largest absolute Gasteiger partial charge is 0.465 e. The van der Waals surface area contributed by atoms with Crippen LogP contribution in [0.5, 0.6) is 0 Å². The van der Waals surface area contributed by atoms with Crippen molar-refractivity contribution in [3.05, 3.63) is 0 Å². The normalized spacial score (nSPS) is 29.4. The van der Waals surface area contributed by atoms with Crippen LogP contribution in [0.4, 0.5) is 0 Å². The van der Waals surface area contributed by atoms with Gasteiger partial charge >= 0.3 is 11.9 Å². The summed E-state index contributed by atoms with van der Waals surface area (Å²) < 4.78 is 9.73. The summed E-state index contributed by atoms with van der Waals surface area (Å²) >= 11 is 14.0. The zero-order valence-electron chi connectivity index (χ0n) is 21.4. The van der Waals surface area contributed by atoms with Crippen molar-refractivity contribution in [1.29, 1.82) is 0 Å². The predicted octanol–water partition coefficient (Wildman–Crippen LogP) is 2.53. The zero-order chi connectivity index (χ0) is 25.1. The number of carbonyl (C=O) groups excluding carboxylic acids is 2. The molecule has 2 saturated heterocycles. The van der Waals surface area contributed by atoms with Crippen LogP contribution in [0.15, 0.2) is 0 Å². The highest BCUT2D eigenvalue weighted by Crippen LogP contribution is 2.36. The number of alkyl halides is 2. The summed E-state index contributed by atoms with van der Waals surface area (Å²) in [4.78, 5) is 34.3. The molecule has 0 saturated carbocycles. The Kier molecular flexibility index (Phi) is 12.9. The maximum Gasteiger partial charge on any atom is 0.314 e. The lowest BCUT2D eigenvalue weighted by Crippen LogP contribution is -2.58. The number of ether oxygens (including phenoxy) is 2. The summed E-state index contributed by atoms with van der Waals surface area (Å²) in [7, 11) is 3.97. The Balaban J connectivity index is 2.20. The molecule has 0 aromatic rings. The molecule has 10 heteroatoms. The van der Waals surface area contributed by atoms with Gasteiger partial charge in [-0.05, 0) is 26.9 Å². The van der Waals surface area contributed by atoms with E-state index in [-0.39, 0.29) is 17.9 Å². The first-order chi connectivity index (χ1) is 16.2. The van der Waals surface area contributed by atoms with Crippen LogP contribution in [0.2, 0.25) is 0 Å². The molecule has 8 nitrogen and oxygen atoms in total. The lowest BCUT2D eigenvalue weighted by atomic mass is 10.1. The molecule has 2 fully saturated rings. The van der Waals surface area contributed by atoms with E-state index in [2.05, 4.69) is 28.5 Å². The second-order valence-corrected chi connectivity index (χ2v) is 11.0. The van der Waals surface area contributed by atoms with Gasteiger partial charge in [0.05, 0.1) is 19.1 Å². The summed E-state index contributed by atoms with van der Waals surface area (Å²) in [6.07, 6.45) is 3.65. The minimum Gasteiger partial charge on any atom is -0.465 e. The Morgan fingerprint density at radius 3 is 1.97 bits per heavy atom. The number of hydrogen-bond donors (Lipinski definition) is 0. The lowest BCUT2D eigenvalue weighted by molar-refractivity contribution is -0.153. The molecular formula is C24H44Cl2N4O4. The molecule has 198 valence electrons. The summed E-state index contributed by atoms with van der Waals surface area (Å²) in [5, 5.41) is 0. The summed E-state index contributed by atoms with van der Waals surface area (Å²) in [5.41, 5.74) is 0. The average Bonchev–Trinajstić information content (AvgIpc) is 2.79. The molecule has 0 spiro atoms. The molecule has 0 aliphatic carbocycles. The monoisotopic (exact) mass is 522 g/mol. The Morgan fingerprint density at radius 2 is 1.32 bits per heavy atom. The van der Waals surface area contributed by atoms with Crippen LogP contribution >= 0.6 is 23.2 Å². The first-order valence-electron chi connectivity index (χ1n) is 12.7.